The molecule has 2 heterocycles. The number of rotatable bonds is 5. The zero-order chi connectivity index (χ0) is 28.0. The van der Waals surface area contributed by atoms with Crippen molar-refractivity contribution in [3.05, 3.63) is 86.5 Å². The highest BCUT2D eigenvalue weighted by atomic mass is 16.6. The van der Waals surface area contributed by atoms with Crippen molar-refractivity contribution in [3.8, 4) is 11.1 Å². The van der Waals surface area contributed by atoms with Gasteiger partial charge in [0.15, 0.2) is 0 Å². The fraction of sp³-hybridized carbons (Fsp3) is 0.355. The number of aryl methyl sites for hydroxylation is 1. The molecular formula is C31H31N3O6. The van der Waals surface area contributed by atoms with Crippen molar-refractivity contribution >= 4 is 29.0 Å². The Morgan fingerprint density at radius 3 is 2.15 bits per heavy atom. The minimum absolute atomic E-state index is 0.00226. The maximum atomic E-state index is 13.5. The van der Waals surface area contributed by atoms with Crippen LogP contribution >= 0.6 is 0 Å². The number of nitro groups is 1. The van der Waals surface area contributed by atoms with Crippen molar-refractivity contribution in [2.24, 2.45) is 0 Å². The van der Waals surface area contributed by atoms with Crippen molar-refractivity contribution in [1.29, 1.82) is 0 Å². The highest BCUT2D eigenvalue weighted by molar-refractivity contribution is 6.07. The highest BCUT2D eigenvalue weighted by Gasteiger charge is 2.32. The number of esters is 2. The molecule has 0 N–H and O–H groups in total. The van der Waals surface area contributed by atoms with Crippen LogP contribution in [-0.2, 0) is 22.6 Å². The van der Waals surface area contributed by atoms with Crippen molar-refractivity contribution < 1.29 is 24.0 Å². The Balaban J connectivity index is 1.45. The molecule has 2 aliphatic heterocycles. The molecule has 9 heteroatoms. The number of anilines is 2. The molecule has 1 aliphatic carbocycles. The number of nitro benzene ring substituents is 1. The van der Waals surface area contributed by atoms with Gasteiger partial charge in [-0.25, -0.2) is 9.59 Å². The molecule has 1 saturated carbocycles. The Hall–Kier alpha value is -4.40. The minimum atomic E-state index is -0.753. The first-order chi connectivity index (χ1) is 19.3. The lowest BCUT2D eigenvalue weighted by atomic mass is 9.90. The van der Waals surface area contributed by atoms with Crippen molar-refractivity contribution in [2.45, 2.75) is 58.2 Å². The van der Waals surface area contributed by atoms with E-state index in [1.807, 2.05) is 18.2 Å². The lowest BCUT2D eigenvalue weighted by Crippen LogP contribution is -2.46. The minimum Gasteiger partial charge on any atom is -0.465 e. The number of carbonyl (C=O) groups is 2. The van der Waals surface area contributed by atoms with Crippen LogP contribution in [0.25, 0.3) is 11.1 Å². The van der Waals surface area contributed by atoms with Crippen LogP contribution in [0.4, 0.5) is 17.1 Å². The summed E-state index contributed by atoms with van der Waals surface area (Å²) in [6.45, 7) is 4.30. The number of hydrogen-bond acceptors (Lipinski definition) is 8. The molecule has 0 unspecified atom stereocenters. The number of benzene rings is 3. The standard InChI is InChI=1S/C31H31N3O6/c1-19-8-10-27-21(12-19)16-32-18-33(27)17-22-13-20(9-11-28(22)32)29-25(30(35)39-2)14-23(34(37)38)15-26(29)31(36)40-24-6-4-3-5-7-24/h8-15,24H,3-7,16-18H2,1-2H3. The van der Waals surface area contributed by atoms with Gasteiger partial charge in [-0.2, -0.15) is 0 Å². The summed E-state index contributed by atoms with van der Waals surface area (Å²) in [5.41, 5.74) is 6.30. The molecule has 3 aromatic carbocycles. The third kappa shape index (κ3) is 4.65. The summed E-state index contributed by atoms with van der Waals surface area (Å²) in [5.74, 6) is -1.42. The van der Waals surface area contributed by atoms with Gasteiger partial charge in [-0.15, -0.1) is 0 Å². The van der Waals surface area contributed by atoms with Crippen LogP contribution in [0.3, 0.4) is 0 Å². The van der Waals surface area contributed by atoms with E-state index in [1.165, 1.54) is 36.1 Å². The van der Waals surface area contributed by atoms with E-state index in [-0.39, 0.29) is 28.5 Å². The van der Waals surface area contributed by atoms with Gasteiger partial charge < -0.3 is 19.3 Å². The molecule has 3 aliphatic rings. The Labute approximate surface area is 232 Å². The number of carbonyl (C=O) groups excluding carboxylic acids is 2. The quantitative estimate of drug-likeness (QED) is 0.216. The number of nitrogens with zero attached hydrogens (tertiary/aromatic N) is 3. The van der Waals surface area contributed by atoms with E-state index in [2.05, 4.69) is 34.9 Å². The van der Waals surface area contributed by atoms with Gasteiger partial charge in [-0.3, -0.25) is 10.1 Å². The molecule has 3 aromatic rings. The first kappa shape index (κ1) is 25.9. The maximum Gasteiger partial charge on any atom is 0.339 e. The first-order valence-corrected chi connectivity index (χ1v) is 13.7. The highest BCUT2D eigenvalue weighted by Crippen LogP contribution is 2.41. The van der Waals surface area contributed by atoms with Crippen LogP contribution in [0.15, 0.2) is 48.5 Å². The third-order valence-corrected chi connectivity index (χ3v) is 8.13. The second-order valence-electron chi connectivity index (χ2n) is 10.8. The molecule has 0 amide bonds. The van der Waals surface area contributed by atoms with Gasteiger partial charge in [0.1, 0.15) is 6.10 Å². The van der Waals surface area contributed by atoms with Gasteiger partial charge in [-0.1, -0.05) is 30.2 Å². The van der Waals surface area contributed by atoms with Gasteiger partial charge in [0, 0.05) is 42.2 Å². The van der Waals surface area contributed by atoms with Gasteiger partial charge in [0.2, 0.25) is 0 Å². The average Bonchev–Trinajstić information content (AvgIpc) is 2.96. The molecule has 0 aromatic heterocycles. The number of ether oxygens (including phenoxy) is 2. The Kier molecular flexibility index (Phi) is 6.65. The van der Waals surface area contributed by atoms with Crippen LogP contribution < -0.4 is 9.80 Å². The molecular weight excluding hydrogens is 510 g/mol. The van der Waals surface area contributed by atoms with E-state index >= 15 is 0 Å². The SMILES string of the molecule is COC(=O)c1cc([N+](=O)[O-])cc(C(=O)OC2CCCCC2)c1-c1ccc2c(c1)CN1CN2Cc2cc(C)ccc21. The fourth-order valence-corrected chi connectivity index (χ4v) is 6.24. The molecule has 40 heavy (non-hydrogen) atoms. The van der Waals surface area contributed by atoms with E-state index < -0.39 is 16.9 Å². The summed E-state index contributed by atoms with van der Waals surface area (Å²) < 4.78 is 10.8. The summed E-state index contributed by atoms with van der Waals surface area (Å²) in [7, 11) is 1.22. The van der Waals surface area contributed by atoms with Gasteiger partial charge in [0.05, 0.1) is 29.8 Å². The topological polar surface area (TPSA) is 102 Å². The molecule has 1 fully saturated rings. The van der Waals surface area contributed by atoms with Crippen molar-refractivity contribution in [2.75, 3.05) is 23.6 Å². The number of hydrogen-bond donors (Lipinski definition) is 0. The summed E-state index contributed by atoms with van der Waals surface area (Å²) in [5, 5.41) is 11.8. The summed E-state index contributed by atoms with van der Waals surface area (Å²) in [6, 6.07) is 14.7. The smallest absolute Gasteiger partial charge is 0.339 e. The molecule has 206 valence electrons. The molecule has 9 nitrogen and oxygen atoms in total. The van der Waals surface area contributed by atoms with Crippen LogP contribution in [-0.4, -0.2) is 36.7 Å². The Morgan fingerprint density at radius 1 is 0.875 bits per heavy atom. The van der Waals surface area contributed by atoms with Gasteiger partial charge in [-0.05, 0) is 67.5 Å². The number of methoxy groups -OCH3 is 1. The van der Waals surface area contributed by atoms with E-state index in [1.54, 1.807) is 0 Å². The second-order valence-corrected chi connectivity index (χ2v) is 10.8. The Morgan fingerprint density at radius 2 is 1.50 bits per heavy atom. The van der Waals surface area contributed by atoms with E-state index in [0.29, 0.717) is 12.1 Å². The summed E-state index contributed by atoms with van der Waals surface area (Å²) in [4.78, 5) is 42.3. The van der Waals surface area contributed by atoms with Crippen LogP contribution in [0.5, 0.6) is 0 Å². The van der Waals surface area contributed by atoms with Gasteiger partial charge in [0.25, 0.3) is 5.69 Å². The largest absolute Gasteiger partial charge is 0.465 e. The van der Waals surface area contributed by atoms with E-state index in [4.69, 9.17) is 9.47 Å². The van der Waals surface area contributed by atoms with Crippen LogP contribution in [0.1, 0.15) is 69.5 Å². The normalized spacial score (nSPS) is 16.1. The monoisotopic (exact) mass is 541 g/mol. The summed E-state index contributed by atoms with van der Waals surface area (Å²) in [6.07, 6.45) is 4.29. The Bertz CT molecular complexity index is 1530. The maximum absolute atomic E-state index is 13.5. The predicted octanol–water partition coefficient (Wildman–Crippen LogP) is 6.14. The molecule has 0 radical (unpaired) electrons. The third-order valence-electron chi connectivity index (χ3n) is 8.13. The lowest BCUT2D eigenvalue weighted by molar-refractivity contribution is -0.384. The molecule has 0 spiro atoms. The van der Waals surface area contributed by atoms with Crippen molar-refractivity contribution in [3.63, 3.8) is 0 Å². The molecule has 2 bridgehead atoms. The van der Waals surface area contributed by atoms with Crippen molar-refractivity contribution in [1.82, 2.24) is 0 Å². The average molecular weight is 542 g/mol. The first-order valence-electron chi connectivity index (χ1n) is 13.7. The lowest BCUT2D eigenvalue weighted by Gasteiger charge is -2.45. The zero-order valence-corrected chi connectivity index (χ0v) is 22.6. The zero-order valence-electron chi connectivity index (χ0n) is 22.6. The van der Waals surface area contributed by atoms with Crippen LogP contribution in [0.2, 0.25) is 0 Å². The second kappa shape index (κ2) is 10.3. The molecule has 6 rings (SSSR count). The molecule has 0 saturated heterocycles. The van der Waals surface area contributed by atoms with E-state index in [0.717, 1.165) is 56.6 Å². The fourth-order valence-electron chi connectivity index (χ4n) is 6.24. The predicted molar refractivity (Wildman–Crippen MR) is 151 cm³/mol. The van der Waals surface area contributed by atoms with E-state index in [9.17, 15) is 19.7 Å². The van der Waals surface area contributed by atoms with Crippen LogP contribution in [0, 0.1) is 17.0 Å². The summed E-state index contributed by atoms with van der Waals surface area (Å²) >= 11 is 0. The number of non-ortho nitro benzene ring substituents is 1. The number of fused-ring (bicyclic) bond motifs is 6. The molecule has 0 atom stereocenters. The van der Waals surface area contributed by atoms with Gasteiger partial charge >= 0.3 is 11.9 Å².